The molecule has 1 N–H and O–H groups in total. The molecule has 0 fully saturated rings. The molecule has 114 valence electrons. The molecule has 2 nitrogen and oxygen atoms in total. The van der Waals surface area contributed by atoms with Crippen LogP contribution in [0.2, 0.25) is 0 Å². The summed E-state index contributed by atoms with van der Waals surface area (Å²) in [7, 11) is 0. The molecule has 0 aromatic heterocycles. The summed E-state index contributed by atoms with van der Waals surface area (Å²) < 4.78 is 6.02. The number of likely N-dealkylation sites (N-methyl/N-ethyl adjacent to an activating group) is 1. The van der Waals surface area contributed by atoms with Crippen molar-refractivity contribution in [1.82, 2.24) is 5.32 Å². The molecule has 0 aliphatic heterocycles. The molecule has 0 saturated carbocycles. The third-order valence-corrected chi connectivity index (χ3v) is 3.61. The zero-order valence-electron chi connectivity index (χ0n) is 12.9. The SMILES string of the molecule is CCNC(COc1cccc(C)c1C)c1ccccc1.Cl. The average Bonchev–Trinajstić information content (AvgIpc) is 2.48. The third-order valence-electron chi connectivity index (χ3n) is 3.61. The summed E-state index contributed by atoms with van der Waals surface area (Å²) in [5.41, 5.74) is 3.75. The first-order valence-corrected chi connectivity index (χ1v) is 7.19. The van der Waals surface area contributed by atoms with E-state index in [9.17, 15) is 0 Å². The van der Waals surface area contributed by atoms with E-state index in [1.165, 1.54) is 16.7 Å². The van der Waals surface area contributed by atoms with Crippen LogP contribution < -0.4 is 10.1 Å². The van der Waals surface area contributed by atoms with Crippen molar-refractivity contribution < 1.29 is 4.74 Å². The Labute approximate surface area is 133 Å². The lowest BCUT2D eigenvalue weighted by Gasteiger charge is -2.20. The summed E-state index contributed by atoms with van der Waals surface area (Å²) in [5.74, 6) is 0.976. The molecule has 0 aliphatic rings. The Kier molecular flexibility index (Phi) is 7.27. The smallest absolute Gasteiger partial charge is 0.122 e. The van der Waals surface area contributed by atoms with Crippen molar-refractivity contribution >= 4 is 12.4 Å². The van der Waals surface area contributed by atoms with Gasteiger partial charge in [0.15, 0.2) is 0 Å². The molecular weight excluding hydrogens is 282 g/mol. The number of rotatable bonds is 6. The molecule has 2 rings (SSSR count). The zero-order chi connectivity index (χ0) is 14.4. The van der Waals surface area contributed by atoms with Crippen molar-refractivity contribution in [2.24, 2.45) is 0 Å². The summed E-state index contributed by atoms with van der Waals surface area (Å²) in [6.45, 7) is 7.91. The second kappa shape index (κ2) is 8.71. The van der Waals surface area contributed by atoms with Gasteiger partial charge in [0, 0.05) is 0 Å². The highest BCUT2D eigenvalue weighted by atomic mass is 35.5. The fourth-order valence-electron chi connectivity index (χ4n) is 2.26. The quantitative estimate of drug-likeness (QED) is 0.851. The Hall–Kier alpha value is -1.51. The molecule has 0 aliphatic carbocycles. The molecule has 0 heterocycles. The third kappa shape index (κ3) is 4.76. The van der Waals surface area contributed by atoms with Gasteiger partial charge in [-0.1, -0.05) is 49.4 Å². The maximum Gasteiger partial charge on any atom is 0.122 e. The molecule has 3 heteroatoms. The predicted molar refractivity (Wildman–Crippen MR) is 91.5 cm³/mol. The maximum absolute atomic E-state index is 6.02. The van der Waals surface area contributed by atoms with Crippen LogP contribution >= 0.6 is 12.4 Å². The van der Waals surface area contributed by atoms with Crippen LogP contribution in [-0.4, -0.2) is 13.2 Å². The summed E-state index contributed by atoms with van der Waals surface area (Å²) in [5, 5.41) is 3.48. The van der Waals surface area contributed by atoms with E-state index in [1.807, 2.05) is 18.2 Å². The van der Waals surface area contributed by atoms with Gasteiger partial charge in [-0.05, 0) is 43.1 Å². The maximum atomic E-state index is 6.02. The Morgan fingerprint density at radius 2 is 1.71 bits per heavy atom. The molecule has 0 radical (unpaired) electrons. The average molecular weight is 306 g/mol. The van der Waals surface area contributed by atoms with E-state index in [4.69, 9.17) is 4.74 Å². The number of nitrogens with one attached hydrogen (secondary N) is 1. The lowest BCUT2D eigenvalue weighted by molar-refractivity contribution is 0.266. The number of hydrogen-bond acceptors (Lipinski definition) is 2. The topological polar surface area (TPSA) is 21.3 Å². The number of hydrogen-bond donors (Lipinski definition) is 1. The molecule has 1 unspecified atom stereocenters. The molecule has 2 aromatic carbocycles. The monoisotopic (exact) mass is 305 g/mol. The molecule has 21 heavy (non-hydrogen) atoms. The summed E-state index contributed by atoms with van der Waals surface area (Å²) in [4.78, 5) is 0. The Bertz CT molecular complexity index is 542. The van der Waals surface area contributed by atoms with Crippen molar-refractivity contribution in [3.63, 3.8) is 0 Å². The standard InChI is InChI=1S/C18H23NO.ClH/c1-4-19-17(16-10-6-5-7-11-16)13-20-18-12-8-9-14(2)15(18)3;/h5-12,17,19H,4,13H2,1-3H3;1H. The van der Waals surface area contributed by atoms with E-state index in [0.29, 0.717) is 6.61 Å². The summed E-state index contributed by atoms with van der Waals surface area (Å²) in [6, 6.07) is 16.9. The molecule has 0 spiro atoms. The van der Waals surface area contributed by atoms with Crippen molar-refractivity contribution in [1.29, 1.82) is 0 Å². The molecular formula is C18H24ClNO. The molecule has 0 amide bonds. The summed E-state index contributed by atoms with van der Waals surface area (Å²) >= 11 is 0. The van der Waals surface area contributed by atoms with Crippen LogP contribution in [0.4, 0.5) is 0 Å². The highest BCUT2D eigenvalue weighted by Crippen LogP contribution is 2.22. The second-order valence-electron chi connectivity index (χ2n) is 5.03. The van der Waals surface area contributed by atoms with Crippen molar-refractivity contribution in [3.8, 4) is 5.75 Å². The van der Waals surface area contributed by atoms with E-state index in [-0.39, 0.29) is 18.4 Å². The van der Waals surface area contributed by atoms with Crippen LogP contribution in [0.1, 0.15) is 29.7 Å². The first-order valence-electron chi connectivity index (χ1n) is 7.19. The highest BCUT2D eigenvalue weighted by Gasteiger charge is 2.11. The number of benzene rings is 2. The Balaban J connectivity index is 0.00000220. The largest absolute Gasteiger partial charge is 0.491 e. The molecule has 0 bridgehead atoms. The van der Waals surface area contributed by atoms with Crippen LogP contribution in [0.25, 0.3) is 0 Å². The van der Waals surface area contributed by atoms with Gasteiger partial charge in [0.1, 0.15) is 12.4 Å². The van der Waals surface area contributed by atoms with E-state index >= 15 is 0 Å². The lowest BCUT2D eigenvalue weighted by Crippen LogP contribution is -2.26. The van der Waals surface area contributed by atoms with Gasteiger partial charge < -0.3 is 10.1 Å². The van der Waals surface area contributed by atoms with Crippen molar-refractivity contribution in [2.75, 3.05) is 13.2 Å². The Morgan fingerprint density at radius 1 is 1.00 bits per heavy atom. The number of ether oxygens (including phenoxy) is 1. The number of aryl methyl sites for hydroxylation is 1. The fourth-order valence-corrected chi connectivity index (χ4v) is 2.26. The van der Waals surface area contributed by atoms with Crippen LogP contribution in [0.5, 0.6) is 5.75 Å². The van der Waals surface area contributed by atoms with Crippen molar-refractivity contribution in [2.45, 2.75) is 26.8 Å². The van der Waals surface area contributed by atoms with E-state index in [0.717, 1.165) is 12.3 Å². The van der Waals surface area contributed by atoms with Gasteiger partial charge in [-0.25, -0.2) is 0 Å². The molecule has 1 atom stereocenters. The van der Waals surface area contributed by atoms with Crippen molar-refractivity contribution in [3.05, 3.63) is 65.2 Å². The van der Waals surface area contributed by atoms with Gasteiger partial charge >= 0.3 is 0 Å². The van der Waals surface area contributed by atoms with Crippen LogP contribution in [-0.2, 0) is 0 Å². The minimum absolute atomic E-state index is 0. The zero-order valence-corrected chi connectivity index (χ0v) is 13.7. The molecule has 2 aromatic rings. The van der Waals surface area contributed by atoms with E-state index in [1.54, 1.807) is 0 Å². The van der Waals surface area contributed by atoms with Gasteiger partial charge in [-0.15, -0.1) is 12.4 Å². The van der Waals surface area contributed by atoms with Crippen LogP contribution in [0, 0.1) is 13.8 Å². The minimum atomic E-state index is 0. The fraction of sp³-hybridized carbons (Fsp3) is 0.333. The van der Waals surface area contributed by atoms with E-state index < -0.39 is 0 Å². The van der Waals surface area contributed by atoms with Gasteiger partial charge in [-0.2, -0.15) is 0 Å². The summed E-state index contributed by atoms with van der Waals surface area (Å²) in [6.07, 6.45) is 0. The number of halogens is 1. The lowest BCUT2D eigenvalue weighted by atomic mass is 10.1. The van der Waals surface area contributed by atoms with Gasteiger partial charge in [0.2, 0.25) is 0 Å². The normalized spacial score (nSPS) is 11.6. The highest BCUT2D eigenvalue weighted by molar-refractivity contribution is 5.85. The van der Waals surface area contributed by atoms with Crippen LogP contribution in [0.3, 0.4) is 0 Å². The van der Waals surface area contributed by atoms with Crippen LogP contribution in [0.15, 0.2) is 48.5 Å². The first kappa shape index (κ1) is 17.5. The van der Waals surface area contributed by atoms with E-state index in [2.05, 4.69) is 56.4 Å². The van der Waals surface area contributed by atoms with Gasteiger partial charge in [0.05, 0.1) is 6.04 Å². The molecule has 0 saturated heterocycles. The first-order chi connectivity index (χ1) is 9.72. The Morgan fingerprint density at radius 3 is 2.38 bits per heavy atom. The second-order valence-corrected chi connectivity index (χ2v) is 5.03. The van der Waals surface area contributed by atoms with Gasteiger partial charge in [-0.3, -0.25) is 0 Å². The van der Waals surface area contributed by atoms with Gasteiger partial charge in [0.25, 0.3) is 0 Å². The minimum Gasteiger partial charge on any atom is -0.491 e. The predicted octanol–water partition coefficient (Wildman–Crippen LogP) is 4.45.